The lowest BCUT2D eigenvalue weighted by molar-refractivity contribution is 0.168. The smallest absolute Gasteiger partial charge is 0.318 e. The largest absolute Gasteiger partial charge is 0.494 e. The highest BCUT2D eigenvalue weighted by atomic mass is 19.1. The van der Waals surface area contributed by atoms with Crippen molar-refractivity contribution in [2.24, 2.45) is 0 Å². The van der Waals surface area contributed by atoms with Gasteiger partial charge in [-0.3, -0.25) is 4.98 Å². The van der Waals surface area contributed by atoms with Crippen LogP contribution in [-0.4, -0.2) is 62.3 Å². The van der Waals surface area contributed by atoms with Gasteiger partial charge in [0.15, 0.2) is 0 Å². The third-order valence-corrected chi connectivity index (χ3v) is 6.65. The van der Waals surface area contributed by atoms with E-state index in [1.54, 1.807) is 50.4 Å². The fraction of sp³-hybridized carbons (Fsp3) is 0.467. The van der Waals surface area contributed by atoms with E-state index in [2.05, 4.69) is 28.4 Å². The van der Waals surface area contributed by atoms with Crippen LogP contribution in [0.1, 0.15) is 65.1 Å². The zero-order chi connectivity index (χ0) is 29.3. The molecule has 0 saturated heterocycles. The van der Waals surface area contributed by atoms with Gasteiger partial charge in [0.25, 0.3) is 5.88 Å². The molecule has 2 amide bonds. The average Bonchev–Trinajstić information content (AvgIpc) is 3.40. The minimum atomic E-state index is -1.31. The summed E-state index contributed by atoms with van der Waals surface area (Å²) >= 11 is 0. The fourth-order valence-corrected chi connectivity index (χ4v) is 4.40. The van der Waals surface area contributed by atoms with Gasteiger partial charge in [0, 0.05) is 36.7 Å². The molecule has 1 N–H and O–H groups in total. The second-order valence-electron chi connectivity index (χ2n) is 10.2. The van der Waals surface area contributed by atoms with Crippen LogP contribution in [0.15, 0.2) is 56.2 Å². The third-order valence-electron chi connectivity index (χ3n) is 6.65. The number of hydrogen-bond donors (Lipinski definition) is 1. The number of amides is 2. The number of imidazole rings is 1. The summed E-state index contributed by atoms with van der Waals surface area (Å²) in [4.78, 5) is 28.8. The van der Waals surface area contributed by atoms with E-state index in [1.807, 2.05) is 36.7 Å². The molecule has 0 aromatic carbocycles. The summed E-state index contributed by atoms with van der Waals surface area (Å²) in [5.74, 6) is 0.935. The molecule has 0 aliphatic heterocycles. The maximum Gasteiger partial charge on any atom is 0.318 e. The molecular weight excluding hydrogens is 511 g/mol. The van der Waals surface area contributed by atoms with Gasteiger partial charge >= 0.3 is 6.03 Å². The van der Waals surface area contributed by atoms with Crippen molar-refractivity contribution in [3.05, 3.63) is 61.9 Å². The summed E-state index contributed by atoms with van der Waals surface area (Å²) in [6, 6.07) is 1.06. The number of pyridine rings is 1. The van der Waals surface area contributed by atoms with E-state index in [4.69, 9.17) is 14.5 Å². The maximum atomic E-state index is 14.1. The minimum absolute atomic E-state index is 0.216. The summed E-state index contributed by atoms with van der Waals surface area (Å²) in [6.45, 7) is 15.3. The highest BCUT2D eigenvalue weighted by molar-refractivity contribution is 5.75. The SMILES string of the molecule is C=CCCOc1nc(-c2cc([C@@H](C)N(CC)C(=O)NC(CC=C)CCC(C)(C)F)ncc2OC)cn2ccnc12. The van der Waals surface area contributed by atoms with Crippen LogP contribution in [0.4, 0.5) is 9.18 Å². The average molecular weight is 553 g/mol. The van der Waals surface area contributed by atoms with Crippen molar-refractivity contribution >= 4 is 11.7 Å². The Kier molecular flexibility index (Phi) is 10.6. The molecule has 3 rings (SSSR count). The lowest BCUT2D eigenvalue weighted by atomic mass is 9.99. The molecule has 0 aliphatic rings. The van der Waals surface area contributed by atoms with E-state index in [1.165, 1.54) is 0 Å². The van der Waals surface area contributed by atoms with Crippen molar-refractivity contribution in [3.8, 4) is 22.9 Å². The van der Waals surface area contributed by atoms with E-state index in [9.17, 15) is 9.18 Å². The Morgan fingerprint density at radius 1 is 1.30 bits per heavy atom. The van der Waals surface area contributed by atoms with Crippen LogP contribution in [0.25, 0.3) is 16.9 Å². The predicted molar refractivity (Wildman–Crippen MR) is 155 cm³/mol. The lowest BCUT2D eigenvalue weighted by Crippen LogP contribution is -2.46. The highest BCUT2D eigenvalue weighted by Crippen LogP contribution is 2.33. The molecule has 10 heteroatoms. The molecule has 0 bridgehead atoms. The van der Waals surface area contributed by atoms with Crippen molar-refractivity contribution in [2.45, 2.75) is 71.1 Å². The van der Waals surface area contributed by atoms with Crippen molar-refractivity contribution in [2.75, 3.05) is 20.3 Å². The molecule has 2 atom stereocenters. The molecule has 9 nitrogen and oxygen atoms in total. The van der Waals surface area contributed by atoms with Crippen molar-refractivity contribution in [3.63, 3.8) is 0 Å². The van der Waals surface area contributed by atoms with Crippen LogP contribution in [0.3, 0.4) is 0 Å². The first kappa shape index (κ1) is 30.6. The molecule has 0 spiro atoms. The number of carbonyl (C=O) groups excluding carboxylic acids is 1. The molecule has 0 saturated carbocycles. The van der Waals surface area contributed by atoms with E-state index in [0.29, 0.717) is 73.1 Å². The Morgan fingerprint density at radius 2 is 2.08 bits per heavy atom. The molecule has 3 heterocycles. The maximum absolute atomic E-state index is 14.1. The van der Waals surface area contributed by atoms with Crippen LogP contribution in [0.5, 0.6) is 11.6 Å². The van der Waals surface area contributed by atoms with Gasteiger partial charge in [0.05, 0.1) is 37.3 Å². The van der Waals surface area contributed by atoms with Crippen LogP contribution in [-0.2, 0) is 0 Å². The van der Waals surface area contributed by atoms with Crippen molar-refractivity contribution in [1.82, 2.24) is 29.6 Å². The van der Waals surface area contributed by atoms with Gasteiger partial charge in [-0.05, 0) is 59.4 Å². The molecule has 3 aromatic heterocycles. The van der Waals surface area contributed by atoms with Crippen molar-refractivity contribution in [1.29, 1.82) is 0 Å². The number of alkyl halides is 1. The quantitative estimate of drug-likeness (QED) is 0.175. The summed E-state index contributed by atoms with van der Waals surface area (Å²) in [7, 11) is 1.57. The van der Waals surface area contributed by atoms with E-state index in [0.717, 1.165) is 0 Å². The molecule has 0 radical (unpaired) electrons. The highest BCUT2D eigenvalue weighted by Gasteiger charge is 2.26. The zero-order valence-electron chi connectivity index (χ0n) is 24.2. The number of hydrogen-bond acceptors (Lipinski definition) is 6. The Bertz CT molecular complexity index is 1300. The summed E-state index contributed by atoms with van der Waals surface area (Å²) in [5, 5.41) is 3.06. The van der Waals surface area contributed by atoms with Gasteiger partial charge in [0.2, 0.25) is 5.65 Å². The van der Waals surface area contributed by atoms with Crippen LogP contribution in [0, 0.1) is 0 Å². The molecule has 40 heavy (non-hydrogen) atoms. The number of nitrogens with one attached hydrogen (secondary N) is 1. The molecule has 216 valence electrons. The number of urea groups is 1. The molecule has 3 aromatic rings. The van der Waals surface area contributed by atoms with Gasteiger partial charge in [-0.2, -0.15) is 0 Å². The normalized spacial score (nSPS) is 12.9. The summed E-state index contributed by atoms with van der Waals surface area (Å²) < 4.78 is 27.5. The van der Waals surface area contributed by atoms with Crippen LogP contribution in [0.2, 0.25) is 0 Å². The number of halogens is 1. The molecule has 0 fully saturated rings. The first-order valence-electron chi connectivity index (χ1n) is 13.6. The van der Waals surface area contributed by atoms with E-state index < -0.39 is 5.67 Å². The topological polar surface area (TPSA) is 93.9 Å². The van der Waals surface area contributed by atoms with Gasteiger partial charge in [-0.25, -0.2) is 19.2 Å². The zero-order valence-corrected chi connectivity index (χ0v) is 24.2. The molecule has 1 unspecified atom stereocenters. The van der Waals surface area contributed by atoms with Crippen molar-refractivity contribution < 1.29 is 18.7 Å². The number of nitrogens with zero attached hydrogens (tertiary/aromatic N) is 5. The lowest BCUT2D eigenvalue weighted by Gasteiger charge is -2.31. The Labute approximate surface area is 236 Å². The van der Waals surface area contributed by atoms with Gasteiger partial charge in [0.1, 0.15) is 11.4 Å². The van der Waals surface area contributed by atoms with Gasteiger partial charge < -0.3 is 24.1 Å². The van der Waals surface area contributed by atoms with Crippen LogP contribution >= 0.6 is 0 Å². The third kappa shape index (κ3) is 7.80. The number of carbonyl (C=O) groups is 1. The number of rotatable bonds is 15. The van der Waals surface area contributed by atoms with Gasteiger partial charge in [-0.15, -0.1) is 13.2 Å². The summed E-state index contributed by atoms with van der Waals surface area (Å²) in [5.41, 5.74) is 1.28. The molecular formula is C30H41FN6O3. The van der Waals surface area contributed by atoms with E-state index >= 15 is 0 Å². The second-order valence-corrected chi connectivity index (χ2v) is 10.2. The number of ether oxygens (including phenoxy) is 2. The van der Waals surface area contributed by atoms with E-state index in [-0.39, 0.29) is 18.1 Å². The Hall–Kier alpha value is -3.95. The predicted octanol–water partition coefficient (Wildman–Crippen LogP) is 6.32. The fourth-order valence-electron chi connectivity index (χ4n) is 4.40. The Balaban J connectivity index is 1.91. The minimum Gasteiger partial charge on any atom is -0.494 e. The Morgan fingerprint density at radius 3 is 2.73 bits per heavy atom. The first-order chi connectivity index (χ1) is 19.1. The van der Waals surface area contributed by atoms with Crippen LogP contribution < -0.4 is 14.8 Å². The van der Waals surface area contributed by atoms with Gasteiger partial charge in [-0.1, -0.05) is 12.2 Å². The summed E-state index contributed by atoms with van der Waals surface area (Å²) in [6.07, 6.45) is 12.6. The number of fused-ring (bicyclic) bond motifs is 1. The number of aromatic nitrogens is 4. The molecule has 0 aliphatic carbocycles. The monoisotopic (exact) mass is 552 g/mol. The standard InChI is InChI=1S/C30H41FN6O3/c1-8-11-17-40-28-27-32-15-16-36(27)20-25(35-28)23-18-24(33-19-26(23)39-7)21(4)37(10-3)29(38)34-22(12-9-2)13-14-30(5,6)31/h8-9,15-16,18-22H,1-2,10-14,17H2,3-7H3,(H,34,38)/t21-,22?/m1/s1. The first-order valence-corrected chi connectivity index (χ1v) is 13.6. The second kappa shape index (κ2) is 13.9. The number of methoxy groups -OCH3 is 1.